The minimum Gasteiger partial charge on any atom is -0.310 e. The first-order chi connectivity index (χ1) is 26.7. The minimum absolute atomic E-state index is 1.09. The fourth-order valence-electron chi connectivity index (χ4n) is 8.54. The van der Waals surface area contributed by atoms with Crippen molar-refractivity contribution in [2.45, 2.75) is 6.92 Å². The second-order valence-corrected chi connectivity index (χ2v) is 13.8. The van der Waals surface area contributed by atoms with E-state index in [1.807, 2.05) is 6.08 Å². The summed E-state index contributed by atoms with van der Waals surface area (Å²) in [7, 11) is 0. The van der Waals surface area contributed by atoms with E-state index in [1.165, 1.54) is 59.8 Å². The summed E-state index contributed by atoms with van der Waals surface area (Å²) in [6.07, 6.45) is 6.12. The van der Waals surface area contributed by atoms with E-state index in [0.717, 1.165) is 34.1 Å². The molecule has 0 saturated heterocycles. The molecule has 10 aromatic rings. The first-order valence-electron chi connectivity index (χ1n) is 18.5. The number of hydrogen-bond acceptors (Lipinski definition) is 1. The number of anilines is 3. The van der Waals surface area contributed by atoms with Crippen molar-refractivity contribution in [3.05, 3.63) is 206 Å². The molecule has 0 fully saturated rings. The lowest BCUT2D eigenvalue weighted by molar-refractivity contribution is 1.10. The van der Waals surface area contributed by atoms with Gasteiger partial charge in [-0.1, -0.05) is 134 Å². The molecule has 0 aliphatic heterocycles. The van der Waals surface area contributed by atoms with Crippen LogP contribution in [-0.4, -0.2) is 9.13 Å². The van der Waals surface area contributed by atoms with Crippen molar-refractivity contribution in [3.8, 4) is 11.4 Å². The number of aromatic nitrogens is 2. The van der Waals surface area contributed by atoms with Crippen LogP contribution in [-0.2, 0) is 0 Å². The van der Waals surface area contributed by atoms with Crippen LogP contribution in [0.5, 0.6) is 0 Å². The first-order valence-corrected chi connectivity index (χ1v) is 18.5. The molecule has 0 amide bonds. The summed E-state index contributed by atoms with van der Waals surface area (Å²) in [5.41, 5.74) is 11.6. The maximum Gasteiger partial charge on any atom is 0.0627 e. The van der Waals surface area contributed by atoms with Gasteiger partial charge in [0.1, 0.15) is 0 Å². The summed E-state index contributed by atoms with van der Waals surface area (Å²) in [5, 5.41) is 8.65. The molecule has 2 heterocycles. The van der Waals surface area contributed by atoms with Crippen LogP contribution in [0.1, 0.15) is 11.3 Å². The summed E-state index contributed by atoms with van der Waals surface area (Å²) in [5.74, 6) is 0. The third-order valence-corrected chi connectivity index (χ3v) is 10.8. The predicted molar refractivity (Wildman–Crippen MR) is 231 cm³/mol. The average Bonchev–Trinajstić information content (AvgIpc) is 3.73. The molecular weight excluding hydrogens is 655 g/mol. The Labute approximate surface area is 314 Å². The van der Waals surface area contributed by atoms with E-state index in [0.29, 0.717) is 0 Å². The number of rotatable bonds is 7. The smallest absolute Gasteiger partial charge is 0.0627 e. The maximum absolute atomic E-state index is 4.04. The van der Waals surface area contributed by atoms with Crippen LogP contribution >= 0.6 is 0 Å². The van der Waals surface area contributed by atoms with Crippen LogP contribution < -0.4 is 4.90 Å². The van der Waals surface area contributed by atoms with Crippen LogP contribution in [0.2, 0.25) is 0 Å². The van der Waals surface area contributed by atoms with Gasteiger partial charge in [0.2, 0.25) is 0 Å². The topological polar surface area (TPSA) is 13.1 Å². The Hall–Kier alpha value is -7.10. The minimum atomic E-state index is 1.09. The van der Waals surface area contributed by atoms with Crippen molar-refractivity contribution in [2.24, 2.45) is 0 Å². The van der Waals surface area contributed by atoms with Gasteiger partial charge in [-0.05, 0) is 84.6 Å². The molecule has 2 aromatic heterocycles. The maximum atomic E-state index is 4.04. The zero-order valence-corrected chi connectivity index (χ0v) is 30.0. The van der Waals surface area contributed by atoms with Crippen molar-refractivity contribution in [1.82, 2.24) is 9.13 Å². The highest BCUT2D eigenvalue weighted by atomic mass is 15.1. The Bertz CT molecular complexity index is 3050. The first kappa shape index (κ1) is 31.6. The molecule has 3 nitrogen and oxygen atoms in total. The molecule has 0 aliphatic carbocycles. The SMILES string of the molecule is C=C/C=C\c1c(C)c2c3c4ccccc4n(-c4ccccc4)c3c3ccccc3c2n1-c1ccc(N(c2ccccc2)c2cccc3ccccc23)cc1. The van der Waals surface area contributed by atoms with Crippen LogP contribution in [0.3, 0.4) is 0 Å². The molecule has 10 rings (SSSR count). The summed E-state index contributed by atoms with van der Waals surface area (Å²) in [4.78, 5) is 2.36. The molecule has 0 spiro atoms. The van der Waals surface area contributed by atoms with Gasteiger partial charge in [0.05, 0.1) is 22.2 Å². The van der Waals surface area contributed by atoms with Crippen molar-refractivity contribution >= 4 is 77.4 Å². The van der Waals surface area contributed by atoms with Crippen molar-refractivity contribution in [3.63, 3.8) is 0 Å². The van der Waals surface area contributed by atoms with Gasteiger partial charge in [0.15, 0.2) is 0 Å². The van der Waals surface area contributed by atoms with E-state index in [2.05, 4.69) is 216 Å². The number of nitrogens with zero attached hydrogens (tertiary/aromatic N) is 3. The van der Waals surface area contributed by atoms with Gasteiger partial charge < -0.3 is 14.0 Å². The average molecular weight is 692 g/mol. The highest BCUT2D eigenvalue weighted by Gasteiger charge is 2.25. The van der Waals surface area contributed by atoms with Gasteiger partial charge >= 0.3 is 0 Å². The van der Waals surface area contributed by atoms with Crippen molar-refractivity contribution in [2.75, 3.05) is 4.90 Å². The predicted octanol–water partition coefficient (Wildman–Crippen LogP) is 14.0. The van der Waals surface area contributed by atoms with Crippen LogP contribution in [0, 0.1) is 6.92 Å². The lowest BCUT2D eigenvalue weighted by Crippen LogP contribution is -2.10. The van der Waals surface area contributed by atoms with Gasteiger partial charge in [-0.2, -0.15) is 0 Å². The summed E-state index contributed by atoms with van der Waals surface area (Å²) in [6.45, 7) is 6.32. The molecule has 0 N–H and O–H groups in total. The molecule has 0 saturated carbocycles. The standard InChI is InChI=1S/C51H37N3/c1-3-4-28-45-35(2)48-49-44-27-15-16-29-47(44)54(38-22-9-6-10-23-38)51(49)43-26-14-13-25-42(43)50(48)53(45)40-33-31-39(32-34-40)52(37-20-7-5-8-21-37)46-30-17-19-36-18-11-12-24-41(36)46/h3-34H,1H2,2H3/b28-4-. The fraction of sp³-hybridized carbons (Fsp3) is 0.0196. The second kappa shape index (κ2) is 12.8. The summed E-state index contributed by atoms with van der Waals surface area (Å²) >= 11 is 0. The zero-order valence-electron chi connectivity index (χ0n) is 30.0. The molecule has 3 heteroatoms. The molecule has 0 radical (unpaired) electrons. The molecule has 0 aliphatic rings. The molecule has 54 heavy (non-hydrogen) atoms. The Kier molecular flexibility index (Phi) is 7.52. The second-order valence-electron chi connectivity index (χ2n) is 13.8. The number of benzene rings is 8. The Morgan fingerprint density at radius 3 is 1.76 bits per heavy atom. The Morgan fingerprint density at radius 2 is 1.04 bits per heavy atom. The van der Waals surface area contributed by atoms with Gasteiger partial charge in [-0.15, -0.1) is 0 Å². The number of para-hydroxylation sites is 3. The number of hydrogen-bond donors (Lipinski definition) is 0. The molecule has 0 bridgehead atoms. The third kappa shape index (κ3) is 4.83. The molecular formula is C51H37N3. The van der Waals surface area contributed by atoms with E-state index in [1.54, 1.807) is 0 Å². The van der Waals surface area contributed by atoms with E-state index in [9.17, 15) is 0 Å². The lowest BCUT2D eigenvalue weighted by atomic mass is 9.99. The molecule has 0 unspecified atom stereocenters. The number of fused-ring (bicyclic) bond motifs is 9. The van der Waals surface area contributed by atoms with E-state index < -0.39 is 0 Å². The lowest BCUT2D eigenvalue weighted by Gasteiger charge is -2.27. The van der Waals surface area contributed by atoms with E-state index in [4.69, 9.17) is 0 Å². The Morgan fingerprint density at radius 1 is 0.481 bits per heavy atom. The van der Waals surface area contributed by atoms with Gasteiger partial charge in [0, 0.05) is 60.8 Å². The van der Waals surface area contributed by atoms with Gasteiger partial charge in [0.25, 0.3) is 0 Å². The summed E-state index contributed by atoms with van der Waals surface area (Å²) in [6, 6.07) is 63.4. The highest BCUT2D eigenvalue weighted by molar-refractivity contribution is 6.33. The number of allylic oxidation sites excluding steroid dienone is 2. The van der Waals surface area contributed by atoms with Gasteiger partial charge in [-0.3, -0.25) is 0 Å². The van der Waals surface area contributed by atoms with Gasteiger partial charge in [-0.25, -0.2) is 0 Å². The normalized spacial score (nSPS) is 11.8. The van der Waals surface area contributed by atoms with Crippen LogP contribution in [0.4, 0.5) is 17.1 Å². The van der Waals surface area contributed by atoms with E-state index >= 15 is 0 Å². The van der Waals surface area contributed by atoms with Crippen LogP contribution in [0.15, 0.2) is 195 Å². The third-order valence-electron chi connectivity index (χ3n) is 10.8. The number of aryl methyl sites for hydroxylation is 1. The molecule has 8 aromatic carbocycles. The monoisotopic (exact) mass is 691 g/mol. The molecule has 0 atom stereocenters. The van der Waals surface area contributed by atoms with Crippen molar-refractivity contribution < 1.29 is 0 Å². The largest absolute Gasteiger partial charge is 0.310 e. The van der Waals surface area contributed by atoms with Crippen molar-refractivity contribution in [1.29, 1.82) is 0 Å². The quantitative estimate of drug-likeness (QED) is 0.152. The fourth-order valence-corrected chi connectivity index (χ4v) is 8.54. The van der Waals surface area contributed by atoms with Crippen LogP contribution in [0.25, 0.3) is 71.7 Å². The molecule has 256 valence electrons. The summed E-state index contributed by atoms with van der Waals surface area (Å²) < 4.78 is 4.90. The zero-order chi connectivity index (χ0) is 36.2. The van der Waals surface area contributed by atoms with E-state index in [-0.39, 0.29) is 0 Å². The highest BCUT2D eigenvalue weighted by Crippen LogP contribution is 2.46. The Balaban J connectivity index is 1.27.